The fourth-order valence-corrected chi connectivity index (χ4v) is 2.20. The highest BCUT2D eigenvalue weighted by atomic mass is 19.1. The highest BCUT2D eigenvalue weighted by Gasteiger charge is 2.23. The Balaban J connectivity index is 2.31. The Morgan fingerprint density at radius 2 is 1.61 bits per heavy atom. The lowest BCUT2D eigenvalue weighted by molar-refractivity contribution is -0.119. The van der Waals surface area contributed by atoms with E-state index in [1.807, 2.05) is 13.8 Å². The Labute approximate surface area is 106 Å². The summed E-state index contributed by atoms with van der Waals surface area (Å²) in [5.74, 6) is -0.821. The quantitative estimate of drug-likeness (QED) is 0.806. The smallest absolute Gasteiger partial charge is 0.149 e. The van der Waals surface area contributed by atoms with Crippen molar-refractivity contribution in [1.82, 2.24) is 0 Å². The molecular weight excluding hydrogens is 236 g/mol. The third kappa shape index (κ3) is 2.52. The van der Waals surface area contributed by atoms with Gasteiger partial charge in [-0.25, -0.2) is 8.78 Å². The van der Waals surface area contributed by atoms with Gasteiger partial charge < -0.3 is 4.90 Å². The van der Waals surface area contributed by atoms with Gasteiger partial charge in [-0.2, -0.15) is 0 Å². The first-order valence-corrected chi connectivity index (χ1v) is 6.24. The molecule has 1 aliphatic heterocycles. The number of hydrogen-bond acceptors (Lipinski definition) is 2. The van der Waals surface area contributed by atoms with E-state index in [4.69, 9.17) is 0 Å². The van der Waals surface area contributed by atoms with Gasteiger partial charge in [0.25, 0.3) is 0 Å². The number of piperidine rings is 1. The van der Waals surface area contributed by atoms with E-state index in [1.165, 1.54) is 12.1 Å². The zero-order valence-electron chi connectivity index (χ0n) is 10.7. The van der Waals surface area contributed by atoms with E-state index in [9.17, 15) is 13.6 Å². The largest absolute Gasteiger partial charge is 0.366 e. The molecule has 0 N–H and O–H groups in total. The van der Waals surface area contributed by atoms with Crippen molar-refractivity contribution in [3.8, 4) is 0 Å². The van der Waals surface area contributed by atoms with Crippen LogP contribution in [0.5, 0.6) is 0 Å². The molecular formula is C14H17F2NO. The van der Waals surface area contributed by atoms with Crippen molar-refractivity contribution in [3.63, 3.8) is 0 Å². The van der Waals surface area contributed by atoms with Crippen LogP contribution in [-0.4, -0.2) is 18.9 Å². The first kappa shape index (κ1) is 13.0. The molecule has 98 valence electrons. The van der Waals surface area contributed by atoms with Gasteiger partial charge in [-0.15, -0.1) is 0 Å². The molecule has 0 bridgehead atoms. The number of rotatable bonds is 2. The minimum Gasteiger partial charge on any atom is -0.366 e. The Hall–Kier alpha value is -1.45. The van der Waals surface area contributed by atoms with Gasteiger partial charge in [0.1, 0.15) is 23.1 Å². The van der Waals surface area contributed by atoms with Crippen LogP contribution >= 0.6 is 0 Å². The summed E-state index contributed by atoms with van der Waals surface area (Å²) in [5.41, 5.74) is 0.661. The molecule has 0 amide bonds. The minimum absolute atomic E-state index is 0.00639. The van der Waals surface area contributed by atoms with Gasteiger partial charge in [-0.1, -0.05) is 13.8 Å². The number of hydrogen-bond donors (Lipinski definition) is 0. The predicted molar refractivity (Wildman–Crippen MR) is 66.9 cm³/mol. The first-order valence-electron chi connectivity index (χ1n) is 6.24. The van der Waals surface area contributed by atoms with E-state index in [2.05, 4.69) is 0 Å². The highest BCUT2D eigenvalue weighted by Crippen LogP contribution is 2.29. The standard InChI is InChI=1S/C14H17F2NO/c1-9(2)10-7-12(15)14(13(16)8-10)17-5-3-11(18)4-6-17/h7-9H,3-6H2,1-2H3. The average Bonchev–Trinajstić information content (AvgIpc) is 2.30. The summed E-state index contributed by atoms with van der Waals surface area (Å²) in [7, 11) is 0. The molecule has 2 nitrogen and oxygen atoms in total. The second-order valence-corrected chi connectivity index (χ2v) is 5.01. The second kappa shape index (κ2) is 5.04. The maximum absolute atomic E-state index is 14.0. The molecule has 18 heavy (non-hydrogen) atoms. The number of anilines is 1. The maximum Gasteiger partial charge on any atom is 0.149 e. The average molecular weight is 253 g/mol. The molecule has 0 aliphatic carbocycles. The van der Waals surface area contributed by atoms with Crippen LogP contribution in [0.4, 0.5) is 14.5 Å². The lowest BCUT2D eigenvalue weighted by atomic mass is 10.0. The summed E-state index contributed by atoms with van der Waals surface area (Å²) in [6.45, 7) is 4.59. The van der Waals surface area contributed by atoms with Crippen LogP contribution in [-0.2, 0) is 4.79 Å². The number of halogens is 2. The molecule has 0 spiro atoms. The topological polar surface area (TPSA) is 20.3 Å². The van der Waals surface area contributed by atoms with E-state index in [-0.39, 0.29) is 17.4 Å². The van der Waals surface area contributed by atoms with Crippen LogP contribution < -0.4 is 4.90 Å². The van der Waals surface area contributed by atoms with Crippen molar-refractivity contribution >= 4 is 11.5 Å². The molecule has 4 heteroatoms. The third-order valence-electron chi connectivity index (χ3n) is 3.34. The third-order valence-corrected chi connectivity index (χ3v) is 3.34. The van der Waals surface area contributed by atoms with E-state index in [0.29, 0.717) is 31.5 Å². The van der Waals surface area contributed by atoms with Crippen molar-refractivity contribution in [2.45, 2.75) is 32.6 Å². The summed E-state index contributed by atoms with van der Waals surface area (Å²) in [5, 5.41) is 0. The number of benzene rings is 1. The summed E-state index contributed by atoms with van der Waals surface area (Å²) in [4.78, 5) is 12.8. The summed E-state index contributed by atoms with van der Waals surface area (Å²) < 4.78 is 28.0. The number of carbonyl (C=O) groups excluding carboxylic acids is 1. The number of Topliss-reactive ketones (excluding diaryl/α,β-unsaturated/α-hetero) is 1. The lowest BCUT2D eigenvalue weighted by Crippen LogP contribution is -2.35. The lowest BCUT2D eigenvalue weighted by Gasteiger charge is -2.29. The highest BCUT2D eigenvalue weighted by molar-refractivity contribution is 5.81. The molecule has 1 aliphatic rings. The molecule has 0 atom stereocenters. The molecule has 1 aromatic rings. The maximum atomic E-state index is 14.0. The first-order chi connectivity index (χ1) is 8.49. The molecule has 0 aromatic heterocycles. The molecule has 1 aromatic carbocycles. The minimum atomic E-state index is -0.534. The number of ketones is 1. The summed E-state index contributed by atoms with van der Waals surface area (Å²) >= 11 is 0. The SMILES string of the molecule is CC(C)c1cc(F)c(N2CCC(=O)CC2)c(F)c1. The molecule has 1 fully saturated rings. The summed E-state index contributed by atoms with van der Waals surface area (Å²) in [6, 6.07) is 2.78. The van der Waals surface area contributed by atoms with E-state index >= 15 is 0 Å². The second-order valence-electron chi connectivity index (χ2n) is 5.01. The Morgan fingerprint density at radius 1 is 1.11 bits per heavy atom. The normalized spacial score (nSPS) is 16.5. The molecule has 2 rings (SSSR count). The Morgan fingerprint density at radius 3 is 2.06 bits per heavy atom. The Kier molecular flexibility index (Phi) is 3.64. The fourth-order valence-electron chi connectivity index (χ4n) is 2.20. The monoisotopic (exact) mass is 253 g/mol. The zero-order chi connectivity index (χ0) is 13.3. The number of carbonyl (C=O) groups is 1. The van der Waals surface area contributed by atoms with Crippen molar-refractivity contribution in [3.05, 3.63) is 29.3 Å². The van der Waals surface area contributed by atoms with Gasteiger partial charge >= 0.3 is 0 Å². The Bertz CT molecular complexity index is 438. The molecule has 0 radical (unpaired) electrons. The van der Waals surface area contributed by atoms with Gasteiger partial charge in [-0.3, -0.25) is 4.79 Å². The van der Waals surface area contributed by atoms with Crippen LogP contribution in [0.3, 0.4) is 0 Å². The van der Waals surface area contributed by atoms with E-state index in [1.54, 1.807) is 4.90 Å². The van der Waals surface area contributed by atoms with Crippen molar-refractivity contribution in [2.24, 2.45) is 0 Å². The van der Waals surface area contributed by atoms with Gasteiger partial charge in [-0.05, 0) is 23.6 Å². The number of nitrogens with zero attached hydrogens (tertiary/aromatic N) is 1. The van der Waals surface area contributed by atoms with Gasteiger partial charge in [0.15, 0.2) is 0 Å². The van der Waals surface area contributed by atoms with Crippen LogP contribution in [0, 0.1) is 11.6 Å². The molecule has 1 saturated heterocycles. The molecule has 0 saturated carbocycles. The molecule has 0 unspecified atom stereocenters. The van der Waals surface area contributed by atoms with Crippen molar-refractivity contribution < 1.29 is 13.6 Å². The van der Waals surface area contributed by atoms with Gasteiger partial charge in [0.05, 0.1) is 0 Å². The van der Waals surface area contributed by atoms with Crippen LogP contribution in [0.25, 0.3) is 0 Å². The fraction of sp³-hybridized carbons (Fsp3) is 0.500. The van der Waals surface area contributed by atoms with Crippen LogP contribution in [0.15, 0.2) is 12.1 Å². The van der Waals surface area contributed by atoms with Crippen molar-refractivity contribution in [1.29, 1.82) is 0 Å². The van der Waals surface area contributed by atoms with Gasteiger partial charge in [0.2, 0.25) is 0 Å². The van der Waals surface area contributed by atoms with E-state index < -0.39 is 11.6 Å². The van der Waals surface area contributed by atoms with Crippen LogP contribution in [0.1, 0.15) is 38.2 Å². The predicted octanol–water partition coefficient (Wildman–Crippen LogP) is 3.26. The molecule has 1 heterocycles. The van der Waals surface area contributed by atoms with E-state index in [0.717, 1.165) is 0 Å². The summed E-state index contributed by atoms with van der Waals surface area (Å²) in [6.07, 6.45) is 0.732. The van der Waals surface area contributed by atoms with Crippen molar-refractivity contribution in [2.75, 3.05) is 18.0 Å². The van der Waals surface area contributed by atoms with Crippen LogP contribution in [0.2, 0.25) is 0 Å². The van der Waals surface area contributed by atoms with Gasteiger partial charge in [0, 0.05) is 25.9 Å². The zero-order valence-corrected chi connectivity index (χ0v) is 10.7.